The number of amides is 1. The van der Waals surface area contributed by atoms with Crippen LogP contribution < -0.4 is 15.8 Å². The first-order valence-electron chi connectivity index (χ1n) is 9.82. The summed E-state index contributed by atoms with van der Waals surface area (Å²) in [7, 11) is 1.50. The van der Waals surface area contributed by atoms with E-state index < -0.39 is 5.25 Å². The van der Waals surface area contributed by atoms with Crippen LogP contribution in [0.1, 0.15) is 30.0 Å². The van der Waals surface area contributed by atoms with Gasteiger partial charge in [0.15, 0.2) is 0 Å². The van der Waals surface area contributed by atoms with E-state index in [4.69, 9.17) is 22.1 Å². The Balaban J connectivity index is 1.98. The molecule has 0 bridgehead atoms. The summed E-state index contributed by atoms with van der Waals surface area (Å²) in [6.07, 6.45) is 0.464. The number of methoxy groups -OCH3 is 1. The maximum absolute atomic E-state index is 13.1. The molecule has 168 valence electrons. The summed E-state index contributed by atoms with van der Waals surface area (Å²) in [5.41, 5.74) is 8.86. The molecule has 0 aliphatic carbocycles. The molecule has 10 heteroatoms. The van der Waals surface area contributed by atoms with Crippen molar-refractivity contribution in [2.75, 3.05) is 18.2 Å². The van der Waals surface area contributed by atoms with E-state index in [9.17, 15) is 15.3 Å². The Morgan fingerprint density at radius 3 is 2.67 bits per heavy atom. The van der Waals surface area contributed by atoms with Crippen LogP contribution in [0.4, 0.5) is 11.5 Å². The van der Waals surface area contributed by atoms with E-state index in [0.29, 0.717) is 39.0 Å². The minimum atomic E-state index is -0.576. The van der Waals surface area contributed by atoms with E-state index in [2.05, 4.69) is 22.4 Å². The topological polar surface area (TPSA) is 125 Å². The van der Waals surface area contributed by atoms with Gasteiger partial charge in [0.05, 0.1) is 23.6 Å². The average Bonchev–Trinajstić information content (AvgIpc) is 3.33. The molecule has 0 saturated carbocycles. The van der Waals surface area contributed by atoms with Gasteiger partial charge in [-0.3, -0.25) is 4.79 Å². The monoisotopic (exact) mass is 497 g/mol. The molecule has 1 aromatic carbocycles. The largest absolute Gasteiger partial charge is 0.495 e. The second kappa shape index (κ2) is 10.6. The summed E-state index contributed by atoms with van der Waals surface area (Å²) >= 11 is 8.74. The first-order valence-corrected chi connectivity index (χ1v) is 12.0. The molecule has 3 aromatic rings. The number of halogens is 1. The summed E-state index contributed by atoms with van der Waals surface area (Å²) < 4.78 is 5.34. The van der Waals surface area contributed by atoms with Crippen molar-refractivity contribution in [1.82, 2.24) is 4.98 Å². The van der Waals surface area contributed by atoms with Crippen molar-refractivity contribution in [3.8, 4) is 29.0 Å². The Morgan fingerprint density at radius 2 is 2.09 bits per heavy atom. The van der Waals surface area contributed by atoms with E-state index in [1.165, 1.54) is 18.4 Å². The maximum Gasteiger partial charge on any atom is 0.238 e. The standard InChI is InChI=1S/C23H20ClN5O2S2/c1-4-19(22(30)28-17-7-12(2)16(24)8-18(17)31-3)33-23-15(10-26)20(13-5-6-32-11-13)14(9-25)21(27)29-23/h5-8,11,19H,4H2,1-3H3,(H2,27,29)(H,28,30). The van der Waals surface area contributed by atoms with Gasteiger partial charge in [-0.25, -0.2) is 4.98 Å². The van der Waals surface area contributed by atoms with Crippen molar-refractivity contribution in [2.24, 2.45) is 0 Å². The van der Waals surface area contributed by atoms with Gasteiger partial charge in [-0.2, -0.15) is 21.9 Å². The second-order valence-electron chi connectivity index (χ2n) is 6.97. The molecular formula is C23H20ClN5O2S2. The number of anilines is 2. The second-order valence-corrected chi connectivity index (χ2v) is 9.35. The summed E-state index contributed by atoms with van der Waals surface area (Å²) in [4.78, 5) is 17.4. The molecule has 3 N–H and O–H groups in total. The van der Waals surface area contributed by atoms with Crippen LogP contribution in [0.15, 0.2) is 34.0 Å². The van der Waals surface area contributed by atoms with Gasteiger partial charge in [0.1, 0.15) is 34.3 Å². The van der Waals surface area contributed by atoms with Gasteiger partial charge in [0.25, 0.3) is 0 Å². The van der Waals surface area contributed by atoms with Gasteiger partial charge in [0.2, 0.25) is 5.91 Å². The van der Waals surface area contributed by atoms with Crippen LogP contribution in [-0.2, 0) is 4.79 Å². The molecule has 3 rings (SSSR count). The predicted octanol–water partition coefficient (Wildman–Crippen LogP) is 5.62. The number of nitriles is 2. The number of carbonyl (C=O) groups is 1. The molecule has 0 fully saturated rings. The normalized spacial score (nSPS) is 11.3. The lowest BCUT2D eigenvalue weighted by molar-refractivity contribution is -0.115. The minimum absolute atomic E-state index is 0.0189. The number of nitrogen functional groups attached to an aromatic ring is 1. The van der Waals surface area contributed by atoms with E-state index in [0.717, 1.165) is 17.3 Å². The van der Waals surface area contributed by atoms with Gasteiger partial charge < -0.3 is 15.8 Å². The van der Waals surface area contributed by atoms with E-state index >= 15 is 0 Å². The molecule has 33 heavy (non-hydrogen) atoms. The Morgan fingerprint density at radius 1 is 1.36 bits per heavy atom. The van der Waals surface area contributed by atoms with Crippen LogP contribution in [-0.4, -0.2) is 23.3 Å². The molecule has 0 spiro atoms. The Hall–Kier alpha value is -3.24. The zero-order chi connectivity index (χ0) is 24.1. The number of ether oxygens (including phenoxy) is 1. The molecule has 7 nitrogen and oxygen atoms in total. The molecule has 0 aliphatic rings. The fourth-order valence-corrected chi connectivity index (χ4v) is 5.00. The van der Waals surface area contributed by atoms with Crippen molar-refractivity contribution in [1.29, 1.82) is 10.5 Å². The third-order valence-corrected chi connectivity index (χ3v) is 7.32. The Kier molecular flexibility index (Phi) is 7.83. The number of hydrogen-bond acceptors (Lipinski definition) is 8. The fraction of sp³-hybridized carbons (Fsp3) is 0.217. The van der Waals surface area contributed by atoms with Crippen LogP contribution in [0.5, 0.6) is 5.75 Å². The molecule has 0 aliphatic heterocycles. The molecule has 1 atom stereocenters. The number of nitrogens with zero attached hydrogens (tertiary/aromatic N) is 3. The summed E-state index contributed by atoms with van der Waals surface area (Å²) in [5, 5.41) is 26.4. The third kappa shape index (κ3) is 5.07. The van der Waals surface area contributed by atoms with Crippen molar-refractivity contribution in [3.63, 3.8) is 0 Å². The first kappa shape index (κ1) is 24.4. The maximum atomic E-state index is 13.1. The van der Waals surface area contributed by atoms with Crippen molar-refractivity contribution < 1.29 is 9.53 Å². The first-order chi connectivity index (χ1) is 15.8. The number of pyridine rings is 1. The number of aryl methyl sites for hydroxylation is 1. The van der Waals surface area contributed by atoms with E-state index in [1.54, 1.807) is 12.1 Å². The van der Waals surface area contributed by atoms with Crippen LogP contribution in [0.25, 0.3) is 11.1 Å². The quantitative estimate of drug-likeness (QED) is 0.406. The lowest BCUT2D eigenvalue weighted by Crippen LogP contribution is -2.25. The number of benzene rings is 1. The predicted molar refractivity (Wildman–Crippen MR) is 133 cm³/mol. The van der Waals surface area contributed by atoms with Crippen molar-refractivity contribution in [3.05, 3.63) is 50.7 Å². The fourth-order valence-electron chi connectivity index (χ4n) is 3.18. The summed E-state index contributed by atoms with van der Waals surface area (Å²) in [5.74, 6) is 0.177. The van der Waals surface area contributed by atoms with Gasteiger partial charge in [-0.1, -0.05) is 30.3 Å². The number of thiophene rings is 1. The van der Waals surface area contributed by atoms with Gasteiger partial charge in [0, 0.05) is 16.7 Å². The lowest BCUT2D eigenvalue weighted by Gasteiger charge is -2.18. The van der Waals surface area contributed by atoms with Crippen LogP contribution in [0, 0.1) is 29.6 Å². The zero-order valence-electron chi connectivity index (χ0n) is 18.1. The number of aromatic nitrogens is 1. The number of thioether (sulfide) groups is 1. The highest BCUT2D eigenvalue weighted by molar-refractivity contribution is 8.00. The number of rotatable bonds is 7. The van der Waals surface area contributed by atoms with Gasteiger partial charge >= 0.3 is 0 Å². The molecular weight excluding hydrogens is 478 g/mol. The minimum Gasteiger partial charge on any atom is -0.495 e. The highest BCUT2D eigenvalue weighted by Crippen LogP contribution is 2.39. The number of nitrogens with two attached hydrogens (primary N) is 1. The van der Waals surface area contributed by atoms with Crippen LogP contribution >= 0.6 is 34.7 Å². The van der Waals surface area contributed by atoms with Gasteiger partial charge in [-0.15, -0.1) is 0 Å². The number of hydrogen-bond donors (Lipinski definition) is 2. The van der Waals surface area contributed by atoms with Crippen LogP contribution in [0.3, 0.4) is 0 Å². The van der Waals surface area contributed by atoms with E-state index in [-0.39, 0.29) is 22.9 Å². The molecule has 1 amide bonds. The lowest BCUT2D eigenvalue weighted by atomic mass is 9.99. The van der Waals surface area contributed by atoms with Crippen LogP contribution in [0.2, 0.25) is 5.02 Å². The summed E-state index contributed by atoms with van der Waals surface area (Å²) in [6.45, 7) is 3.69. The zero-order valence-corrected chi connectivity index (χ0v) is 20.5. The highest BCUT2D eigenvalue weighted by Gasteiger charge is 2.26. The molecule has 2 aromatic heterocycles. The van der Waals surface area contributed by atoms with E-state index in [1.807, 2.05) is 30.7 Å². The van der Waals surface area contributed by atoms with Gasteiger partial charge in [-0.05, 0) is 47.4 Å². The van der Waals surface area contributed by atoms with Crippen molar-refractivity contribution in [2.45, 2.75) is 30.5 Å². The molecule has 1 unspecified atom stereocenters. The van der Waals surface area contributed by atoms with Crippen molar-refractivity contribution >= 4 is 52.1 Å². The smallest absolute Gasteiger partial charge is 0.238 e. The molecule has 0 radical (unpaired) electrons. The Bertz CT molecular complexity index is 1280. The molecule has 2 heterocycles. The summed E-state index contributed by atoms with van der Waals surface area (Å²) in [6, 6.07) is 9.40. The SMILES string of the molecule is CCC(Sc1nc(N)c(C#N)c(-c2ccsc2)c1C#N)C(=O)Nc1cc(C)c(Cl)cc1OC. The Labute approximate surface area is 205 Å². The average molecular weight is 498 g/mol. The molecule has 0 saturated heterocycles. The highest BCUT2D eigenvalue weighted by atomic mass is 35.5. The third-order valence-electron chi connectivity index (χ3n) is 4.88. The number of nitrogens with one attached hydrogen (secondary N) is 1. The number of carbonyl (C=O) groups excluding carboxylic acids is 1.